The van der Waals surface area contributed by atoms with Crippen LogP contribution in [0.5, 0.6) is 0 Å². The number of amides is 2. The van der Waals surface area contributed by atoms with Crippen molar-refractivity contribution < 1.29 is 9.59 Å². The maximum absolute atomic E-state index is 12.7. The molecule has 1 aromatic heterocycles. The standard InChI is InChI=1S/C22H30N6O2S/c1-26(18-9-3-2-4-10-18)13-7-12-23-20(30)17-8-5-14-27(16-17)21-24-25-22(31-21)28-15-6-11-19(28)29/h2-4,9-10,17H,5-8,11-16H2,1H3,(H,23,30)/t17-/m0/s1. The number of nitrogens with one attached hydrogen (secondary N) is 1. The average molecular weight is 443 g/mol. The van der Waals surface area contributed by atoms with E-state index in [0.717, 1.165) is 50.4 Å². The number of piperidine rings is 1. The van der Waals surface area contributed by atoms with E-state index in [0.29, 0.717) is 24.6 Å². The summed E-state index contributed by atoms with van der Waals surface area (Å²) in [5, 5.41) is 13.1. The molecule has 0 saturated carbocycles. The topological polar surface area (TPSA) is 81.7 Å². The van der Waals surface area contributed by atoms with E-state index in [1.165, 1.54) is 17.0 Å². The molecule has 4 rings (SSSR count). The predicted octanol–water partition coefficient (Wildman–Crippen LogP) is 2.52. The third-order valence-electron chi connectivity index (χ3n) is 5.94. The van der Waals surface area contributed by atoms with E-state index in [9.17, 15) is 9.59 Å². The zero-order valence-electron chi connectivity index (χ0n) is 18.0. The number of hydrogen-bond donors (Lipinski definition) is 1. The number of nitrogens with zero attached hydrogens (tertiary/aromatic N) is 5. The summed E-state index contributed by atoms with van der Waals surface area (Å²) in [5.74, 6) is 0.199. The lowest BCUT2D eigenvalue weighted by Crippen LogP contribution is -2.43. The summed E-state index contributed by atoms with van der Waals surface area (Å²) in [6.07, 6.45) is 4.20. The lowest BCUT2D eigenvalue weighted by Gasteiger charge is -2.31. The molecule has 2 amide bonds. The molecule has 31 heavy (non-hydrogen) atoms. The first-order chi connectivity index (χ1) is 15.1. The van der Waals surface area contributed by atoms with Crippen LogP contribution in [0.4, 0.5) is 16.0 Å². The Balaban J connectivity index is 1.23. The first-order valence-electron chi connectivity index (χ1n) is 11.0. The molecule has 0 radical (unpaired) electrons. The SMILES string of the molecule is CN(CCCNC(=O)[C@H]1CCCN(c2nnc(N3CCCC3=O)s2)C1)c1ccccc1. The van der Waals surface area contributed by atoms with Gasteiger partial charge in [0.25, 0.3) is 0 Å². The highest BCUT2D eigenvalue weighted by Crippen LogP contribution is 2.32. The van der Waals surface area contributed by atoms with Crippen molar-refractivity contribution in [3.05, 3.63) is 30.3 Å². The Kier molecular flexibility index (Phi) is 7.01. The first kappa shape index (κ1) is 21.5. The van der Waals surface area contributed by atoms with Crippen LogP contribution in [0.3, 0.4) is 0 Å². The summed E-state index contributed by atoms with van der Waals surface area (Å²) >= 11 is 1.45. The number of aromatic nitrogens is 2. The van der Waals surface area contributed by atoms with Gasteiger partial charge in [-0.25, -0.2) is 0 Å². The van der Waals surface area contributed by atoms with Crippen LogP contribution in [0.1, 0.15) is 32.1 Å². The quantitative estimate of drug-likeness (QED) is 0.633. The van der Waals surface area contributed by atoms with Gasteiger partial charge in [0.2, 0.25) is 22.1 Å². The van der Waals surface area contributed by atoms with E-state index >= 15 is 0 Å². The maximum atomic E-state index is 12.7. The minimum absolute atomic E-state index is 0.0404. The molecule has 2 fully saturated rings. The average Bonchev–Trinajstić information content (AvgIpc) is 3.46. The van der Waals surface area contributed by atoms with Gasteiger partial charge in [0.15, 0.2) is 0 Å². The molecule has 166 valence electrons. The normalized spacial score (nSPS) is 19.0. The smallest absolute Gasteiger partial charge is 0.228 e. The lowest BCUT2D eigenvalue weighted by atomic mass is 9.97. The number of benzene rings is 1. The Morgan fingerprint density at radius 1 is 1.19 bits per heavy atom. The Hall–Kier alpha value is -2.68. The molecule has 3 heterocycles. The fourth-order valence-electron chi connectivity index (χ4n) is 4.14. The number of para-hydroxylation sites is 1. The molecule has 0 unspecified atom stereocenters. The highest BCUT2D eigenvalue weighted by Gasteiger charge is 2.29. The monoisotopic (exact) mass is 442 g/mol. The second-order valence-corrected chi connectivity index (χ2v) is 9.14. The van der Waals surface area contributed by atoms with Crippen molar-refractivity contribution in [2.24, 2.45) is 5.92 Å². The fourth-order valence-corrected chi connectivity index (χ4v) is 5.07. The van der Waals surface area contributed by atoms with Crippen LogP contribution in [-0.4, -0.2) is 61.8 Å². The molecule has 1 N–H and O–H groups in total. The third kappa shape index (κ3) is 5.33. The molecule has 0 spiro atoms. The minimum atomic E-state index is -0.0404. The molecule has 2 aliphatic heterocycles. The molecule has 2 aromatic rings. The Bertz CT molecular complexity index is 889. The number of hydrogen-bond acceptors (Lipinski definition) is 7. The van der Waals surface area contributed by atoms with Gasteiger partial charge in [0.05, 0.1) is 5.92 Å². The van der Waals surface area contributed by atoms with Crippen molar-refractivity contribution in [3.8, 4) is 0 Å². The molecule has 0 bridgehead atoms. The largest absolute Gasteiger partial charge is 0.375 e. The summed E-state index contributed by atoms with van der Waals surface area (Å²) in [6.45, 7) is 3.81. The zero-order valence-corrected chi connectivity index (χ0v) is 18.8. The summed E-state index contributed by atoms with van der Waals surface area (Å²) in [5.41, 5.74) is 1.18. The summed E-state index contributed by atoms with van der Waals surface area (Å²) < 4.78 is 0. The fraction of sp³-hybridized carbons (Fsp3) is 0.545. The van der Waals surface area contributed by atoms with Crippen LogP contribution in [0.2, 0.25) is 0 Å². The molecular formula is C22H30N6O2S. The van der Waals surface area contributed by atoms with Gasteiger partial charge in [-0.2, -0.15) is 0 Å². The van der Waals surface area contributed by atoms with Gasteiger partial charge in [-0.1, -0.05) is 29.5 Å². The molecule has 2 saturated heterocycles. The molecular weight excluding hydrogens is 412 g/mol. The molecule has 0 aliphatic carbocycles. The number of anilines is 3. The second kappa shape index (κ2) is 10.1. The van der Waals surface area contributed by atoms with Crippen LogP contribution >= 0.6 is 11.3 Å². The predicted molar refractivity (Wildman–Crippen MR) is 124 cm³/mol. The third-order valence-corrected chi connectivity index (χ3v) is 6.94. The summed E-state index contributed by atoms with van der Waals surface area (Å²) in [4.78, 5) is 30.7. The maximum Gasteiger partial charge on any atom is 0.228 e. The van der Waals surface area contributed by atoms with Crippen LogP contribution < -0.4 is 20.0 Å². The van der Waals surface area contributed by atoms with Crippen LogP contribution in [0.25, 0.3) is 0 Å². The van der Waals surface area contributed by atoms with Crippen molar-refractivity contribution in [2.75, 3.05) is 54.5 Å². The van der Waals surface area contributed by atoms with Crippen molar-refractivity contribution >= 4 is 39.1 Å². The van der Waals surface area contributed by atoms with Crippen molar-refractivity contribution in [3.63, 3.8) is 0 Å². The van der Waals surface area contributed by atoms with E-state index in [2.05, 4.69) is 44.5 Å². The zero-order chi connectivity index (χ0) is 21.6. The minimum Gasteiger partial charge on any atom is -0.375 e. The number of rotatable bonds is 8. The van der Waals surface area contributed by atoms with Crippen LogP contribution in [0.15, 0.2) is 30.3 Å². The second-order valence-electron chi connectivity index (χ2n) is 8.20. The van der Waals surface area contributed by atoms with E-state index in [-0.39, 0.29) is 17.7 Å². The molecule has 1 atom stereocenters. The molecule has 2 aliphatic rings. The summed E-state index contributed by atoms with van der Waals surface area (Å²) in [7, 11) is 2.07. The molecule has 9 heteroatoms. The Labute approximate surface area is 187 Å². The van der Waals surface area contributed by atoms with E-state index in [1.54, 1.807) is 4.90 Å². The Morgan fingerprint density at radius 2 is 2.00 bits per heavy atom. The highest BCUT2D eigenvalue weighted by molar-refractivity contribution is 7.19. The van der Waals surface area contributed by atoms with E-state index in [1.807, 2.05) is 18.2 Å². The number of carbonyl (C=O) groups is 2. The van der Waals surface area contributed by atoms with E-state index < -0.39 is 0 Å². The summed E-state index contributed by atoms with van der Waals surface area (Å²) in [6, 6.07) is 10.3. The van der Waals surface area contributed by atoms with Gasteiger partial charge >= 0.3 is 0 Å². The van der Waals surface area contributed by atoms with Gasteiger partial charge in [0.1, 0.15) is 0 Å². The van der Waals surface area contributed by atoms with Gasteiger partial charge in [0, 0.05) is 51.9 Å². The first-order valence-corrected chi connectivity index (χ1v) is 11.9. The van der Waals surface area contributed by atoms with Gasteiger partial charge < -0.3 is 15.1 Å². The van der Waals surface area contributed by atoms with Gasteiger partial charge in [-0.3, -0.25) is 14.5 Å². The van der Waals surface area contributed by atoms with Crippen molar-refractivity contribution in [1.82, 2.24) is 15.5 Å². The van der Waals surface area contributed by atoms with Crippen LogP contribution in [0, 0.1) is 5.92 Å². The lowest BCUT2D eigenvalue weighted by molar-refractivity contribution is -0.125. The number of carbonyl (C=O) groups excluding carboxylic acids is 2. The Morgan fingerprint density at radius 3 is 2.77 bits per heavy atom. The van der Waals surface area contributed by atoms with Crippen LogP contribution in [-0.2, 0) is 9.59 Å². The van der Waals surface area contributed by atoms with Crippen molar-refractivity contribution in [2.45, 2.75) is 32.1 Å². The van der Waals surface area contributed by atoms with Crippen molar-refractivity contribution in [1.29, 1.82) is 0 Å². The van der Waals surface area contributed by atoms with E-state index in [4.69, 9.17) is 0 Å². The molecule has 1 aromatic carbocycles. The van der Waals surface area contributed by atoms with Gasteiger partial charge in [-0.15, -0.1) is 10.2 Å². The molecule has 8 nitrogen and oxygen atoms in total. The van der Waals surface area contributed by atoms with Gasteiger partial charge in [-0.05, 0) is 37.8 Å². The highest BCUT2D eigenvalue weighted by atomic mass is 32.1.